The van der Waals surface area contributed by atoms with Crippen LogP contribution in [0.15, 0.2) is 54.6 Å². The maximum Gasteiger partial charge on any atom is 0.108 e. The minimum Gasteiger partial charge on any atom is -0.364 e. The Morgan fingerprint density at radius 2 is 1.69 bits per heavy atom. The summed E-state index contributed by atoms with van der Waals surface area (Å²) in [5.41, 5.74) is 4.16. The van der Waals surface area contributed by atoms with Gasteiger partial charge in [-0.15, -0.1) is 0 Å². The third-order valence-corrected chi connectivity index (χ3v) is 6.06. The third-order valence-electron chi connectivity index (χ3n) is 6.06. The first-order valence-corrected chi connectivity index (χ1v) is 10.4. The zero-order valence-corrected chi connectivity index (χ0v) is 15.9. The lowest BCUT2D eigenvalue weighted by Crippen LogP contribution is -2.47. The van der Waals surface area contributed by atoms with Crippen molar-refractivity contribution in [3.8, 4) is 0 Å². The summed E-state index contributed by atoms with van der Waals surface area (Å²) in [6.07, 6.45) is 6.96. The zero-order valence-electron chi connectivity index (χ0n) is 15.9. The predicted octanol–water partition coefficient (Wildman–Crippen LogP) is 5.54. The van der Waals surface area contributed by atoms with Crippen LogP contribution in [-0.4, -0.2) is 30.6 Å². The average Bonchev–Trinajstić information content (AvgIpc) is 2.71. The lowest BCUT2D eigenvalue weighted by atomic mass is 9.79. The molecule has 0 saturated carbocycles. The van der Waals surface area contributed by atoms with Gasteiger partial charge in [0.05, 0.1) is 6.10 Å². The molecule has 0 aliphatic carbocycles. The fourth-order valence-electron chi connectivity index (χ4n) is 4.66. The molecule has 2 heteroatoms. The summed E-state index contributed by atoms with van der Waals surface area (Å²) in [5.74, 6) is 0.554. The second-order valence-corrected chi connectivity index (χ2v) is 7.85. The molecule has 2 aromatic rings. The summed E-state index contributed by atoms with van der Waals surface area (Å²) in [6.45, 7) is 5.79. The molecule has 3 atom stereocenters. The van der Waals surface area contributed by atoms with Crippen LogP contribution >= 0.6 is 0 Å². The van der Waals surface area contributed by atoms with Crippen LogP contribution in [0.25, 0.3) is 0 Å². The van der Waals surface area contributed by atoms with Gasteiger partial charge in [-0.3, -0.25) is 0 Å². The first-order valence-electron chi connectivity index (χ1n) is 10.4. The molecule has 1 unspecified atom stereocenters. The monoisotopic (exact) mass is 349 g/mol. The van der Waals surface area contributed by atoms with Crippen molar-refractivity contribution in [3.63, 3.8) is 0 Å². The number of hydrogen-bond acceptors (Lipinski definition) is 2. The number of ether oxygens (including phenoxy) is 1. The van der Waals surface area contributed by atoms with Gasteiger partial charge >= 0.3 is 0 Å². The van der Waals surface area contributed by atoms with E-state index in [0.717, 1.165) is 6.54 Å². The molecule has 2 nitrogen and oxygen atoms in total. The minimum atomic E-state index is 0.0775. The van der Waals surface area contributed by atoms with Crippen molar-refractivity contribution in [2.24, 2.45) is 0 Å². The number of benzene rings is 2. The molecular formula is C24H31NO. The molecule has 0 aromatic heterocycles. The number of piperidine rings is 1. The van der Waals surface area contributed by atoms with Crippen LogP contribution in [0.2, 0.25) is 0 Å². The van der Waals surface area contributed by atoms with Crippen LogP contribution < -0.4 is 0 Å². The number of unbranched alkanes of at least 4 members (excludes halogenated alkanes) is 3. The average molecular weight is 350 g/mol. The summed E-state index contributed by atoms with van der Waals surface area (Å²) < 4.78 is 6.72. The molecule has 0 bridgehead atoms. The Bertz CT molecular complexity index is 698. The molecule has 0 radical (unpaired) electrons. The van der Waals surface area contributed by atoms with Crippen LogP contribution in [-0.2, 0) is 4.74 Å². The molecule has 0 N–H and O–H groups in total. The van der Waals surface area contributed by atoms with Gasteiger partial charge in [-0.1, -0.05) is 80.8 Å². The Morgan fingerprint density at radius 1 is 0.923 bits per heavy atom. The van der Waals surface area contributed by atoms with Crippen molar-refractivity contribution < 1.29 is 4.74 Å². The van der Waals surface area contributed by atoms with E-state index in [4.69, 9.17) is 4.74 Å². The van der Waals surface area contributed by atoms with Crippen LogP contribution in [0, 0.1) is 0 Å². The largest absolute Gasteiger partial charge is 0.364 e. The van der Waals surface area contributed by atoms with Gasteiger partial charge < -0.3 is 9.64 Å². The molecule has 26 heavy (non-hydrogen) atoms. The fourth-order valence-corrected chi connectivity index (χ4v) is 4.66. The number of hydrogen-bond donors (Lipinski definition) is 0. The second kappa shape index (κ2) is 8.37. The first kappa shape index (κ1) is 17.8. The van der Waals surface area contributed by atoms with Crippen molar-refractivity contribution in [2.45, 2.75) is 57.2 Å². The van der Waals surface area contributed by atoms with Crippen LogP contribution in [0.3, 0.4) is 0 Å². The molecule has 2 aromatic carbocycles. The van der Waals surface area contributed by atoms with Gasteiger partial charge in [-0.05, 0) is 42.6 Å². The Labute approximate surface area is 158 Å². The summed E-state index contributed by atoms with van der Waals surface area (Å²) in [7, 11) is 0. The van der Waals surface area contributed by atoms with E-state index >= 15 is 0 Å². The maximum absolute atomic E-state index is 6.72. The SMILES string of the molecule is CCCCCCN1CC[C@H]2c3ccccc3C(c3ccccc3)O[C@H]2C1. The van der Waals surface area contributed by atoms with E-state index in [1.54, 1.807) is 0 Å². The Kier molecular flexibility index (Phi) is 5.72. The summed E-state index contributed by atoms with van der Waals surface area (Å²) in [6, 6.07) is 19.7. The van der Waals surface area contributed by atoms with E-state index in [0.29, 0.717) is 12.0 Å². The summed E-state index contributed by atoms with van der Waals surface area (Å²) in [4.78, 5) is 2.63. The Hall–Kier alpha value is -1.64. The lowest BCUT2D eigenvalue weighted by molar-refractivity contribution is -0.0591. The normalized spacial score (nSPS) is 25.5. The maximum atomic E-state index is 6.72. The van der Waals surface area contributed by atoms with Crippen molar-refractivity contribution in [2.75, 3.05) is 19.6 Å². The topological polar surface area (TPSA) is 12.5 Å². The van der Waals surface area contributed by atoms with Gasteiger partial charge in [0.2, 0.25) is 0 Å². The highest BCUT2D eigenvalue weighted by atomic mass is 16.5. The lowest BCUT2D eigenvalue weighted by Gasteiger charge is -2.45. The van der Waals surface area contributed by atoms with E-state index in [1.165, 1.54) is 61.9 Å². The van der Waals surface area contributed by atoms with E-state index in [-0.39, 0.29) is 6.10 Å². The number of rotatable bonds is 6. The van der Waals surface area contributed by atoms with E-state index < -0.39 is 0 Å². The molecule has 1 saturated heterocycles. The van der Waals surface area contributed by atoms with Crippen molar-refractivity contribution in [1.82, 2.24) is 4.90 Å². The highest BCUT2D eigenvalue weighted by Crippen LogP contribution is 2.44. The highest BCUT2D eigenvalue weighted by molar-refractivity contribution is 5.41. The molecular weight excluding hydrogens is 318 g/mol. The van der Waals surface area contributed by atoms with Crippen LogP contribution in [0.1, 0.15) is 67.7 Å². The van der Waals surface area contributed by atoms with Crippen molar-refractivity contribution >= 4 is 0 Å². The highest BCUT2D eigenvalue weighted by Gasteiger charge is 2.39. The number of nitrogens with zero attached hydrogens (tertiary/aromatic N) is 1. The smallest absolute Gasteiger partial charge is 0.108 e. The third kappa shape index (κ3) is 3.72. The Balaban J connectivity index is 1.52. The van der Waals surface area contributed by atoms with E-state index in [9.17, 15) is 0 Å². The number of likely N-dealkylation sites (tertiary alicyclic amines) is 1. The quantitative estimate of drug-likeness (QED) is 0.635. The molecule has 2 heterocycles. The molecule has 2 aliphatic heterocycles. The summed E-state index contributed by atoms with van der Waals surface area (Å²) in [5, 5.41) is 0. The van der Waals surface area contributed by atoms with Crippen molar-refractivity contribution in [3.05, 3.63) is 71.3 Å². The predicted molar refractivity (Wildman–Crippen MR) is 108 cm³/mol. The first-order chi connectivity index (χ1) is 12.9. The standard InChI is InChI=1S/C24H31NO/c1-2-3-4-10-16-25-17-15-21-20-13-8-9-14-22(20)24(26-23(21)18-25)19-11-6-5-7-12-19/h5-9,11-14,21,23-24H,2-4,10,15-18H2,1H3/t21-,23-,24?/m0/s1. The van der Waals surface area contributed by atoms with Gasteiger partial charge in [0, 0.05) is 12.5 Å². The van der Waals surface area contributed by atoms with Gasteiger partial charge in [0.15, 0.2) is 0 Å². The van der Waals surface area contributed by atoms with Gasteiger partial charge in [0.1, 0.15) is 6.10 Å². The van der Waals surface area contributed by atoms with E-state index in [1.807, 2.05) is 0 Å². The van der Waals surface area contributed by atoms with Crippen molar-refractivity contribution in [1.29, 1.82) is 0 Å². The molecule has 2 aliphatic rings. The van der Waals surface area contributed by atoms with Gasteiger partial charge in [-0.25, -0.2) is 0 Å². The second-order valence-electron chi connectivity index (χ2n) is 7.85. The van der Waals surface area contributed by atoms with E-state index in [2.05, 4.69) is 66.4 Å². The van der Waals surface area contributed by atoms with Gasteiger partial charge in [0.25, 0.3) is 0 Å². The summed E-state index contributed by atoms with van der Waals surface area (Å²) >= 11 is 0. The molecule has 1 fully saturated rings. The van der Waals surface area contributed by atoms with Gasteiger partial charge in [-0.2, -0.15) is 0 Å². The zero-order chi connectivity index (χ0) is 17.8. The molecule has 4 rings (SSSR count). The molecule has 0 spiro atoms. The number of fused-ring (bicyclic) bond motifs is 3. The molecule has 0 amide bonds. The van der Waals surface area contributed by atoms with Crippen LogP contribution in [0.4, 0.5) is 0 Å². The Morgan fingerprint density at radius 3 is 2.50 bits per heavy atom. The molecule has 138 valence electrons. The minimum absolute atomic E-state index is 0.0775. The fraction of sp³-hybridized carbons (Fsp3) is 0.500. The van der Waals surface area contributed by atoms with Crippen LogP contribution in [0.5, 0.6) is 0 Å².